The molecule has 2 aromatic carbocycles. The van der Waals surface area contributed by atoms with E-state index in [1.807, 2.05) is 30.3 Å². The highest BCUT2D eigenvalue weighted by Crippen LogP contribution is 2.29. The van der Waals surface area contributed by atoms with Crippen molar-refractivity contribution in [1.29, 1.82) is 0 Å². The first-order valence-corrected chi connectivity index (χ1v) is 7.74. The van der Waals surface area contributed by atoms with E-state index in [1.54, 1.807) is 18.2 Å². The molecule has 0 spiro atoms. The van der Waals surface area contributed by atoms with Crippen molar-refractivity contribution in [2.75, 3.05) is 5.32 Å². The molecule has 1 N–H and O–H groups in total. The van der Waals surface area contributed by atoms with Gasteiger partial charge in [0.1, 0.15) is 11.5 Å². The Morgan fingerprint density at radius 3 is 2.62 bits per heavy atom. The largest absolute Gasteiger partial charge is 0.434 e. The van der Waals surface area contributed by atoms with Crippen LogP contribution in [-0.4, -0.2) is 10.9 Å². The summed E-state index contributed by atoms with van der Waals surface area (Å²) in [6.07, 6.45) is 4.46. The summed E-state index contributed by atoms with van der Waals surface area (Å²) >= 11 is 0. The van der Waals surface area contributed by atoms with E-state index in [1.165, 1.54) is 12.3 Å². The van der Waals surface area contributed by atoms with Crippen LogP contribution in [0.25, 0.3) is 6.08 Å². The van der Waals surface area contributed by atoms with E-state index >= 15 is 0 Å². The van der Waals surface area contributed by atoms with Gasteiger partial charge >= 0.3 is 0 Å². The second kappa shape index (κ2) is 8.02. The van der Waals surface area contributed by atoms with Crippen molar-refractivity contribution < 1.29 is 18.3 Å². The van der Waals surface area contributed by atoms with Gasteiger partial charge in [-0.3, -0.25) is 4.79 Å². The summed E-state index contributed by atoms with van der Waals surface area (Å²) in [5.74, 6) is -2.17. The normalized spacial score (nSPS) is 10.7. The Kier molecular flexibility index (Phi) is 5.34. The first-order chi connectivity index (χ1) is 12.6. The van der Waals surface area contributed by atoms with Crippen molar-refractivity contribution >= 4 is 17.7 Å². The van der Waals surface area contributed by atoms with Crippen LogP contribution >= 0.6 is 0 Å². The number of rotatable bonds is 5. The Bertz CT molecular complexity index is 944. The van der Waals surface area contributed by atoms with Crippen LogP contribution in [0.4, 0.5) is 14.5 Å². The quantitative estimate of drug-likeness (QED) is 0.671. The summed E-state index contributed by atoms with van der Waals surface area (Å²) in [7, 11) is 0. The monoisotopic (exact) mass is 352 g/mol. The molecule has 0 saturated carbocycles. The summed E-state index contributed by atoms with van der Waals surface area (Å²) in [6, 6.07) is 15.4. The lowest BCUT2D eigenvalue weighted by molar-refractivity contribution is -0.111. The molecule has 3 rings (SSSR count). The van der Waals surface area contributed by atoms with Crippen molar-refractivity contribution in [3.63, 3.8) is 0 Å². The maximum Gasteiger partial charge on any atom is 0.248 e. The first kappa shape index (κ1) is 17.3. The minimum atomic E-state index is -0.864. The van der Waals surface area contributed by atoms with Gasteiger partial charge in [-0.1, -0.05) is 30.3 Å². The van der Waals surface area contributed by atoms with E-state index in [9.17, 15) is 13.6 Å². The average Bonchev–Trinajstić information content (AvgIpc) is 2.65. The highest BCUT2D eigenvalue weighted by Gasteiger charge is 2.11. The second-order valence-electron chi connectivity index (χ2n) is 5.27. The average molecular weight is 352 g/mol. The van der Waals surface area contributed by atoms with Gasteiger partial charge in [-0.2, -0.15) is 0 Å². The van der Waals surface area contributed by atoms with Gasteiger partial charge in [-0.25, -0.2) is 13.8 Å². The molecule has 6 heteroatoms. The number of anilines is 1. The van der Waals surface area contributed by atoms with Gasteiger partial charge in [-0.15, -0.1) is 0 Å². The third-order valence-corrected chi connectivity index (χ3v) is 3.36. The smallest absolute Gasteiger partial charge is 0.248 e. The summed E-state index contributed by atoms with van der Waals surface area (Å²) in [6.45, 7) is 0. The van der Waals surface area contributed by atoms with Crippen molar-refractivity contribution in [2.24, 2.45) is 0 Å². The topological polar surface area (TPSA) is 51.2 Å². The molecule has 0 atom stereocenters. The molecule has 1 amide bonds. The Balaban J connectivity index is 1.74. The molecule has 1 heterocycles. The number of nitrogens with one attached hydrogen (secondary N) is 1. The number of amides is 1. The van der Waals surface area contributed by atoms with Crippen LogP contribution in [0.2, 0.25) is 0 Å². The Morgan fingerprint density at radius 1 is 1.04 bits per heavy atom. The number of halogens is 2. The summed E-state index contributed by atoms with van der Waals surface area (Å²) in [4.78, 5) is 16.1. The summed E-state index contributed by atoms with van der Waals surface area (Å²) in [5.41, 5.74) is 1.14. The second-order valence-corrected chi connectivity index (χ2v) is 5.27. The highest BCUT2D eigenvalue weighted by atomic mass is 19.1. The lowest BCUT2D eigenvalue weighted by Crippen LogP contribution is -2.09. The van der Waals surface area contributed by atoms with Crippen molar-refractivity contribution in [3.05, 3.63) is 90.1 Å². The van der Waals surface area contributed by atoms with Crippen LogP contribution in [0.1, 0.15) is 5.56 Å². The highest BCUT2D eigenvalue weighted by molar-refractivity contribution is 6.02. The van der Waals surface area contributed by atoms with E-state index in [0.29, 0.717) is 6.07 Å². The van der Waals surface area contributed by atoms with Gasteiger partial charge in [0, 0.05) is 18.3 Å². The zero-order valence-corrected chi connectivity index (χ0v) is 13.5. The molecule has 3 aromatic rings. The van der Waals surface area contributed by atoms with Crippen LogP contribution in [0.15, 0.2) is 72.9 Å². The number of benzene rings is 2. The van der Waals surface area contributed by atoms with Gasteiger partial charge < -0.3 is 10.1 Å². The fourth-order valence-corrected chi connectivity index (χ4v) is 2.14. The Hall–Kier alpha value is -3.54. The molecule has 0 aliphatic carbocycles. The number of hydrogen-bond acceptors (Lipinski definition) is 3. The van der Waals surface area contributed by atoms with Gasteiger partial charge in [0.05, 0.1) is 0 Å². The number of aromatic nitrogens is 1. The van der Waals surface area contributed by atoms with Crippen LogP contribution in [-0.2, 0) is 4.79 Å². The van der Waals surface area contributed by atoms with E-state index in [0.717, 1.165) is 17.7 Å². The van der Waals surface area contributed by atoms with Gasteiger partial charge in [-0.05, 0) is 35.9 Å². The van der Waals surface area contributed by atoms with E-state index in [2.05, 4.69) is 10.3 Å². The molecule has 0 aliphatic heterocycles. The van der Waals surface area contributed by atoms with Crippen LogP contribution in [0.3, 0.4) is 0 Å². The fourth-order valence-electron chi connectivity index (χ4n) is 2.14. The minimum Gasteiger partial charge on any atom is -0.434 e. The number of hydrogen-bond donors (Lipinski definition) is 1. The van der Waals surface area contributed by atoms with Crippen molar-refractivity contribution in [1.82, 2.24) is 4.98 Å². The number of carbonyl (C=O) groups excluding carboxylic acids is 1. The standard InChI is InChI=1S/C20H14F2N2O2/c21-15-9-10-18(16(22)13-15)26-20-17(7-4-12-23-20)24-19(25)11-8-14-5-2-1-3-6-14/h1-13H,(H,24,25)/b11-8-. The van der Waals surface area contributed by atoms with Crippen molar-refractivity contribution in [3.8, 4) is 11.6 Å². The SMILES string of the molecule is O=C(/C=C\c1ccccc1)Nc1cccnc1Oc1ccc(F)cc1F. The zero-order chi connectivity index (χ0) is 18.4. The Morgan fingerprint density at radius 2 is 1.85 bits per heavy atom. The van der Waals surface area contributed by atoms with Crippen molar-refractivity contribution in [2.45, 2.75) is 0 Å². The molecule has 0 fully saturated rings. The molecule has 0 unspecified atom stereocenters. The van der Waals surface area contributed by atoms with E-state index in [4.69, 9.17) is 4.74 Å². The molecular formula is C20H14F2N2O2. The van der Waals surface area contributed by atoms with Gasteiger partial charge in [0.15, 0.2) is 11.6 Å². The molecule has 1 aromatic heterocycles. The molecule has 0 aliphatic rings. The van der Waals surface area contributed by atoms with Crippen LogP contribution in [0.5, 0.6) is 11.6 Å². The predicted molar refractivity (Wildman–Crippen MR) is 94.8 cm³/mol. The van der Waals surface area contributed by atoms with E-state index in [-0.39, 0.29) is 17.3 Å². The van der Waals surface area contributed by atoms with Crippen LogP contribution in [0, 0.1) is 11.6 Å². The molecule has 26 heavy (non-hydrogen) atoms. The molecule has 0 saturated heterocycles. The summed E-state index contributed by atoms with van der Waals surface area (Å²) in [5, 5.41) is 2.62. The maximum atomic E-state index is 13.7. The zero-order valence-electron chi connectivity index (χ0n) is 13.5. The first-order valence-electron chi connectivity index (χ1n) is 7.74. The number of ether oxygens (including phenoxy) is 1. The molecule has 4 nitrogen and oxygen atoms in total. The Labute approximate surface area is 148 Å². The lowest BCUT2D eigenvalue weighted by Gasteiger charge is -2.10. The van der Waals surface area contributed by atoms with Gasteiger partial charge in [0.2, 0.25) is 11.8 Å². The molecule has 0 radical (unpaired) electrons. The summed E-state index contributed by atoms with van der Waals surface area (Å²) < 4.78 is 32.1. The van der Waals surface area contributed by atoms with Gasteiger partial charge in [0.25, 0.3) is 0 Å². The fraction of sp³-hybridized carbons (Fsp3) is 0. The molecule has 0 bridgehead atoms. The predicted octanol–water partition coefficient (Wildman–Crippen LogP) is 4.80. The maximum absolute atomic E-state index is 13.7. The molecular weight excluding hydrogens is 338 g/mol. The number of nitrogens with zero attached hydrogens (tertiary/aromatic N) is 1. The van der Waals surface area contributed by atoms with E-state index < -0.39 is 17.5 Å². The lowest BCUT2D eigenvalue weighted by atomic mass is 10.2. The molecule has 130 valence electrons. The third-order valence-electron chi connectivity index (χ3n) is 3.36. The number of carbonyl (C=O) groups is 1. The number of pyridine rings is 1. The van der Waals surface area contributed by atoms with Crippen LogP contribution < -0.4 is 10.1 Å². The minimum absolute atomic E-state index is 0.000491. The third kappa shape index (κ3) is 4.51.